The number of benzene rings is 1. The summed E-state index contributed by atoms with van der Waals surface area (Å²) in [7, 11) is -3.71. The number of piperazine rings is 1. The van der Waals surface area contributed by atoms with Crippen LogP contribution in [-0.2, 0) is 10.0 Å². The van der Waals surface area contributed by atoms with Gasteiger partial charge in [-0.15, -0.1) is 10.2 Å². The zero-order valence-electron chi connectivity index (χ0n) is 15.1. The number of hydrogen-bond donors (Lipinski definition) is 0. The molecule has 0 bridgehead atoms. The highest BCUT2D eigenvalue weighted by Crippen LogP contribution is 2.27. The van der Waals surface area contributed by atoms with Gasteiger partial charge < -0.3 is 13.7 Å². The van der Waals surface area contributed by atoms with Gasteiger partial charge in [0.25, 0.3) is 15.9 Å². The van der Waals surface area contributed by atoms with E-state index in [-0.39, 0.29) is 11.0 Å². The Morgan fingerprint density at radius 2 is 1.78 bits per heavy atom. The molecule has 8 nitrogen and oxygen atoms in total. The summed E-state index contributed by atoms with van der Waals surface area (Å²) in [5, 5.41) is 7.52. The van der Waals surface area contributed by atoms with Crippen LogP contribution in [0.2, 0.25) is 0 Å². The Morgan fingerprint density at radius 3 is 2.44 bits per heavy atom. The van der Waals surface area contributed by atoms with Crippen LogP contribution in [0.4, 0.5) is 5.69 Å². The Hall–Kier alpha value is -2.65. The first kappa shape index (κ1) is 17.7. The van der Waals surface area contributed by atoms with Gasteiger partial charge in [-0.3, -0.25) is 0 Å². The molecule has 3 heterocycles. The minimum Gasteiger partial charge on any atom is -0.451 e. The zero-order valence-corrected chi connectivity index (χ0v) is 15.9. The molecule has 1 saturated heterocycles. The van der Waals surface area contributed by atoms with Crippen molar-refractivity contribution in [1.29, 1.82) is 0 Å². The molecule has 1 aliphatic rings. The zero-order chi connectivity index (χ0) is 19.0. The molecule has 1 aromatic carbocycles. The van der Waals surface area contributed by atoms with Crippen molar-refractivity contribution >= 4 is 15.7 Å². The van der Waals surface area contributed by atoms with Crippen LogP contribution >= 0.6 is 0 Å². The second-order valence-corrected chi connectivity index (χ2v) is 8.33. The van der Waals surface area contributed by atoms with E-state index in [1.165, 1.54) is 22.2 Å². The maximum absolute atomic E-state index is 12.9. The van der Waals surface area contributed by atoms with Gasteiger partial charge in [0.15, 0.2) is 0 Å². The molecule has 142 valence electrons. The largest absolute Gasteiger partial charge is 0.451 e. The molecule has 0 aliphatic carbocycles. The summed E-state index contributed by atoms with van der Waals surface area (Å²) >= 11 is 0. The summed E-state index contributed by atoms with van der Waals surface area (Å²) in [5.74, 6) is 0.644. The average molecular weight is 388 g/mol. The first-order valence-electron chi connectivity index (χ1n) is 8.65. The number of sulfonamides is 1. The molecule has 0 saturated carbocycles. The van der Waals surface area contributed by atoms with E-state index >= 15 is 0 Å². The standard InChI is InChI=1S/C18H20N4O4S/c1-13-5-3-4-6-16(13)21-7-9-22(10-8-21)27(23,24)17-11-15(12-25-17)18-20-19-14(2)26-18/h3-6,11-12H,7-10H2,1-2H3. The van der Waals surface area contributed by atoms with Gasteiger partial charge in [0.1, 0.15) is 6.26 Å². The molecule has 0 amide bonds. The number of aromatic nitrogens is 2. The molecule has 4 rings (SSSR count). The molecule has 27 heavy (non-hydrogen) atoms. The van der Waals surface area contributed by atoms with Crippen molar-refractivity contribution in [3.8, 4) is 11.5 Å². The van der Waals surface area contributed by atoms with E-state index in [1.54, 1.807) is 6.92 Å². The van der Waals surface area contributed by atoms with Crippen molar-refractivity contribution in [2.75, 3.05) is 31.1 Å². The van der Waals surface area contributed by atoms with Crippen LogP contribution < -0.4 is 4.90 Å². The predicted octanol–water partition coefficient (Wildman–Crippen LogP) is 2.46. The SMILES string of the molecule is Cc1nnc(-c2coc(S(=O)(=O)N3CCN(c4ccccc4C)CC3)c2)o1. The molecule has 2 aromatic heterocycles. The third-order valence-corrected chi connectivity index (χ3v) is 6.40. The number of furan rings is 1. The lowest BCUT2D eigenvalue weighted by molar-refractivity contribution is 0.361. The monoisotopic (exact) mass is 388 g/mol. The van der Waals surface area contributed by atoms with Gasteiger partial charge in [-0.25, -0.2) is 8.42 Å². The molecule has 9 heteroatoms. The van der Waals surface area contributed by atoms with Gasteiger partial charge in [-0.1, -0.05) is 18.2 Å². The smallest absolute Gasteiger partial charge is 0.276 e. The quantitative estimate of drug-likeness (QED) is 0.678. The van der Waals surface area contributed by atoms with Gasteiger partial charge in [0.05, 0.1) is 5.56 Å². The second-order valence-electron chi connectivity index (χ2n) is 6.46. The number of nitrogens with zero attached hydrogens (tertiary/aromatic N) is 4. The molecule has 3 aromatic rings. The highest BCUT2D eigenvalue weighted by molar-refractivity contribution is 7.89. The van der Waals surface area contributed by atoms with E-state index in [0.717, 1.165) is 5.69 Å². The van der Waals surface area contributed by atoms with Crippen LogP contribution in [0.5, 0.6) is 0 Å². The molecular formula is C18H20N4O4S. The van der Waals surface area contributed by atoms with Crippen molar-refractivity contribution in [3.05, 3.63) is 48.0 Å². The van der Waals surface area contributed by atoms with Crippen LogP contribution in [0.15, 0.2) is 50.5 Å². The number of aryl methyl sites for hydroxylation is 2. The highest BCUT2D eigenvalue weighted by atomic mass is 32.2. The van der Waals surface area contributed by atoms with Crippen LogP contribution in [0.1, 0.15) is 11.5 Å². The van der Waals surface area contributed by atoms with E-state index < -0.39 is 10.0 Å². The number of anilines is 1. The minimum absolute atomic E-state index is 0.113. The predicted molar refractivity (Wildman–Crippen MR) is 98.9 cm³/mol. The van der Waals surface area contributed by atoms with Crippen molar-refractivity contribution < 1.29 is 17.3 Å². The summed E-state index contributed by atoms with van der Waals surface area (Å²) < 4.78 is 37.9. The van der Waals surface area contributed by atoms with Gasteiger partial charge in [0.2, 0.25) is 11.0 Å². The van der Waals surface area contributed by atoms with Crippen molar-refractivity contribution in [1.82, 2.24) is 14.5 Å². The molecule has 0 N–H and O–H groups in total. The van der Waals surface area contributed by atoms with Gasteiger partial charge in [0, 0.05) is 44.9 Å². The van der Waals surface area contributed by atoms with E-state index in [9.17, 15) is 8.42 Å². The Labute approximate surface area is 157 Å². The summed E-state index contributed by atoms with van der Waals surface area (Å²) in [6.45, 7) is 5.77. The van der Waals surface area contributed by atoms with E-state index in [0.29, 0.717) is 37.6 Å². The van der Waals surface area contributed by atoms with Crippen LogP contribution in [0.25, 0.3) is 11.5 Å². The third kappa shape index (κ3) is 3.35. The fraction of sp³-hybridized carbons (Fsp3) is 0.333. The lowest BCUT2D eigenvalue weighted by Crippen LogP contribution is -2.48. The first-order chi connectivity index (χ1) is 12.9. The Balaban J connectivity index is 1.49. The number of hydrogen-bond acceptors (Lipinski definition) is 7. The van der Waals surface area contributed by atoms with E-state index in [4.69, 9.17) is 8.83 Å². The Kier molecular flexibility index (Phi) is 4.48. The summed E-state index contributed by atoms with van der Waals surface area (Å²) in [4.78, 5) is 2.20. The van der Waals surface area contributed by atoms with Crippen molar-refractivity contribution in [3.63, 3.8) is 0 Å². The number of para-hydroxylation sites is 1. The lowest BCUT2D eigenvalue weighted by Gasteiger charge is -2.35. The molecule has 0 radical (unpaired) electrons. The fourth-order valence-corrected chi connectivity index (χ4v) is 4.54. The molecule has 0 atom stereocenters. The molecule has 1 aliphatic heterocycles. The maximum atomic E-state index is 12.9. The van der Waals surface area contributed by atoms with Crippen LogP contribution in [0.3, 0.4) is 0 Å². The van der Waals surface area contributed by atoms with Crippen LogP contribution in [0, 0.1) is 13.8 Å². The van der Waals surface area contributed by atoms with Crippen LogP contribution in [-0.4, -0.2) is 49.1 Å². The van der Waals surface area contributed by atoms with E-state index in [2.05, 4.69) is 34.2 Å². The van der Waals surface area contributed by atoms with Crippen molar-refractivity contribution in [2.45, 2.75) is 18.9 Å². The van der Waals surface area contributed by atoms with Gasteiger partial charge in [-0.2, -0.15) is 4.31 Å². The summed E-state index contributed by atoms with van der Waals surface area (Å²) in [5.41, 5.74) is 2.77. The molecule has 1 fully saturated rings. The topological polar surface area (TPSA) is 92.7 Å². The lowest BCUT2D eigenvalue weighted by atomic mass is 10.1. The molecule has 0 spiro atoms. The Bertz CT molecular complexity index is 1050. The summed E-state index contributed by atoms with van der Waals surface area (Å²) in [6, 6.07) is 9.54. The van der Waals surface area contributed by atoms with E-state index in [1.807, 2.05) is 12.1 Å². The maximum Gasteiger partial charge on any atom is 0.276 e. The van der Waals surface area contributed by atoms with Gasteiger partial charge >= 0.3 is 0 Å². The molecular weight excluding hydrogens is 368 g/mol. The minimum atomic E-state index is -3.71. The van der Waals surface area contributed by atoms with Gasteiger partial charge in [-0.05, 0) is 18.6 Å². The molecule has 0 unspecified atom stereocenters. The Morgan fingerprint density at radius 1 is 1.04 bits per heavy atom. The number of rotatable bonds is 4. The average Bonchev–Trinajstić information content (AvgIpc) is 3.32. The summed E-state index contributed by atoms with van der Waals surface area (Å²) in [6.07, 6.45) is 1.32. The normalized spacial score (nSPS) is 16.0. The second kappa shape index (κ2) is 6.82. The first-order valence-corrected chi connectivity index (χ1v) is 10.1. The highest BCUT2D eigenvalue weighted by Gasteiger charge is 2.31. The fourth-order valence-electron chi connectivity index (χ4n) is 3.19. The third-order valence-electron chi connectivity index (χ3n) is 4.64. The van der Waals surface area contributed by atoms with Crippen molar-refractivity contribution in [2.24, 2.45) is 0 Å².